The molecule has 2 heteroatoms. The lowest BCUT2D eigenvalue weighted by molar-refractivity contribution is 0.510. The van der Waals surface area contributed by atoms with Gasteiger partial charge in [-0.05, 0) is 35.4 Å². The van der Waals surface area contributed by atoms with Crippen molar-refractivity contribution in [1.29, 1.82) is 0 Å². The summed E-state index contributed by atoms with van der Waals surface area (Å²) in [6, 6.07) is 2.79. The van der Waals surface area contributed by atoms with Crippen molar-refractivity contribution >= 4 is 11.3 Å². The van der Waals surface area contributed by atoms with Crippen LogP contribution in [0.25, 0.3) is 0 Å². The third kappa shape index (κ3) is 2.61. The zero-order valence-electron chi connectivity index (χ0n) is 7.84. The van der Waals surface area contributed by atoms with E-state index in [0.717, 1.165) is 6.54 Å². The van der Waals surface area contributed by atoms with E-state index in [4.69, 9.17) is 0 Å². The molecule has 1 rings (SSSR count). The molecule has 0 aliphatic rings. The van der Waals surface area contributed by atoms with Crippen molar-refractivity contribution < 1.29 is 0 Å². The van der Waals surface area contributed by atoms with E-state index in [1.165, 1.54) is 18.4 Å². The lowest BCUT2D eigenvalue weighted by Gasteiger charge is -2.15. The van der Waals surface area contributed by atoms with Crippen molar-refractivity contribution in [3.05, 3.63) is 22.4 Å². The molecule has 0 saturated carbocycles. The zero-order chi connectivity index (χ0) is 8.81. The minimum atomic E-state index is 0.575. The summed E-state index contributed by atoms with van der Waals surface area (Å²) in [5, 5.41) is 7.88. The highest BCUT2D eigenvalue weighted by Gasteiger charge is 2.07. The van der Waals surface area contributed by atoms with Gasteiger partial charge in [0.05, 0.1) is 0 Å². The molecule has 1 atom stereocenters. The molecule has 1 heterocycles. The van der Waals surface area contributed by atoms with Crippen LogP contribution in [-0.4, -0.2) is 6.54 Å². The number of hydrogen-bond donors (Lipinski definition) is 1. The monoisotopic (exact) mass is 183 g/mol. The Hall–Kier alpha value is -0.340. The Morgan fingerprint density at radius 2 is 2.33 bits per heavy atom. The Bertz CT molecular complexity index is 188. The Balaban J connectivity index is 2.53. The molecule has 0 saturated heterocycles. The van der Waals surface area contributed by atoms with Crippen LogP contribution in [0.15, 0.2) is 16.8 Å². The third-order valence-electron chi connectivity index (χ3n) is 1.97. The summed E-state index contributed by atoms with van der Waals surface area (Å²) in [6.45, 7) is 5.45. The molecule has 68 valence electrons. The highest BCUT2D eigenvalue weighted by molar-refractivity contribution is 7.07. The summed E-state index contributed by atoms with van der Waals surface area (Å²) in [7, 11) is 0. The van der Waals surface area contributed by atoms with Crippen LogP contribution in [0.1, 0.15) is 38.3 Å². The average molecular weight is 183 g/mol. The average Bonchev–Trinajstić information content (AvgIpc) is 2.56. The Kier molecular flexibility index (Phi) is 4.33. The number of rotatable bonds is 5. The quantitative estimate of drug-likeness (QED) is 0.739. The van der Waals surface area contributed by atoms with Crippen LogP contribution in [0.5, 0.6) is 0 Å². The van der Waals surface area contributed by atoms with E-state index >= 15 is 0 Å². The predicted molar refractivity (Wildman–Crippen MR) is 55.6 cm³/mol. The molecule has 0 spiro atoms. The largest absolute Gasteiger partial charge is 0.310 e. The molecular weight excluding hydrogens is 166 g/mol. The molecular formula is C10H17NS. The highest BCUT2D eigenvalue weighted by Crippen LogP contribution is 2.20. The molecule has 0 aromatic carbocycles. The number of hydrogen-bond acceptors (Lipinski definition) is 2. The van der Waals surface area contributed by atoms with Crippen molar-refractivity contribution in [2.24, 2.45) is 0 Å². The fourth-order valence-electron chi connectivity index (χ4n) is 1.39. The summed E-state index contributed by atoms with van der Waals surface area (Å²) >= 11 is 1.78. The molecule has 1 N–H and O–H groups in total. The molecule has 0 bridgehead atoms. The van der Waals surface area contributed by atoms with Gasteiger partial charge < -0.3 is 5.32 Å². The van der Waals surface area contributed by atoms with Crippen LogP contribution in [0.3, 0.4) is 0 Å². The second-order valence-corrected chi connectivity index (χ2v) is 3.74. The van der Waals surface area contributed by atoms with Crippen LogP contribution in [-0.2, 0) is 0 Å². The lowest BCUT2D eigenvalue weighted by atomic mass is 10.1. The van der Waals surface area contributed by atoms with Crippen molar-refractivity contribution in [2.75, 3.05) is 6.54 Å². The van der Waals surface area contributed by atoms with Crippen LogP contribution in [0.2, 0.25) is 0 Å². The van der Waals surface area contributed by atoms with E-state index in [1.807, 2.05) is 0 Å². The van der Waals surface area contributed by atoms with E-state index in [-0.39, 0.29) is 0 Å². The fourth-order valence-corrected chi connectivity index (χ4v) is 2.11. The van der Waals surface area contributed by atoms with E-state index < -0.39 is 0 Å². The maximum Gasteiger partial charge on any atom is 0.0328 e. The van der Waals surface area contributed by atoms with Crippen LogP contribution in [0.4, 0.5) is 0 Å². The molecule has 0 amide bonds. The van der Waals surface area contributed by atoms with Crippen molar-refractivity contribution in [1.82, 2.24) is 5.32 Å². The van der Waals surface area contributed by atoms with Crippen LogP contribution in [0, 0.1) is 0 Å². The van der Waals surface area contributed by atoms with E-state index in [9.17, 15) is 0 Å². The SMILES string of the molecule is CCCC(NCC)c1ccsc1. The van der Waals surface area contributed by atoms with Gasteiger partial charge in [-0.2, -0.15) is 11.3 Å². The smallest absolute Gasteiger partial charge is 0.0328 e. The van der Waals surface area contributed by atoms with Crippen molar-refractivity contribution in [3.63, 3.8) is 0 Å². The summed E-state index contributed by atoms with van der Waals surface area (Å²) in [5.74, 6) is 0. The maximum absolute atomic E-state index is 3.49. The van der Waals surface area contributed by atoms with Crippen molar-refractivity contribution in [3.8, 4) is 0 Å². The molecule has 1 aromatic heterocycles. The van der Waals surface area contributed by atoms with Crippen LogP contribution < -0.4 is 5.32 Å². The summed E-state index contributed by atoms with van der Waals surface area (Å²) in [4.78, 5) is 0. The Morgan fingerprint density at radius 3 is 2.83 bits per heavy atom. The molecule has 0 fully saturated rings. The molecule has 1 nitrogen and oxygen atoms in total. The second-order valence-electron chi connectivity index (χ2n) is 2.96. The van der Waals surface area contributed by atoms with Crippen molar-refractivity contribution in [2.45, 2.75) is 32.7 Å². The van der Waals surface area contributed by atoms with Gasteiger partial charge in [-0.3, -0.25) is 0 Å². The van der Waals surface area contributed by atoms with Gasteiger partial charge in [-0.15, -0.1) is 0 Å². The fraction of sp³-hybridized carbons (Fsp3) is 0.600. The van der Waals surface area contributed by atoms with Gasteiger partial charge in [-0.1, -0.05) is 20.3 Å². The molecule has 0 aliphatic heterocycles. The maximum atomic E-state index is 3.49. The molecule has 1 unspecified atom stereocenters. The van der Waals surface area contributed by atoms with E-state index in [0.29, 0.717) is 6.04 Å². The normalized spacial score (nSPS) is 13.2. The summed E-state index contributed by atoms with van der Waals surface area (Å²) in [5.41, 5.74) is 1.45. The Morgan fingerprint density at radius 1 is 1.50 bits per heavy atom. The number of nitrogens with one attached hydrogen (secondary N) is 1. The van der Waals surface area contributed by atoms with Gasteiger partial charge in [0.2, 0.25) is 0 Å². The third-order valence-corrected chi connectivity index (χ3v) is 2.67. The van der Waals surface area contributed by atoms with Crippen LogP contribution >= 0.6 is 11.3 Å². The lowest BCUT2D eigenvalue weighted by Crippen LogP contribution is -2.19. The van der Waals surface area contributed by atoms with Gasteiger partial charge in [0, 0.05) is 6.04 Å². The van der Waals surface area contributed by atoms with Gasteiger partial charge in [-0.25, -0.2) is 0 Å². The van der Waals surface area contributed by atoms with E-state index in [2.05, 4.69) is 36.0 Å². The molecule has 0 aliphatic carbocycles. The Labute approximate surface area is 78.8 Å². The first kappa shape index (κ1) is 9.75. The minimum Gasteiger partial charge on any atom is -0.310 e. The first-order valence-electron chi connectivity index (χ1n) is 4.64. The molecule has 1 aromatic rings. The van der Waals surface area contributed by atoms with Gasteiger partial charge >= 0.3 is 0 Å². The first-order chi connectivity index (χ1) is 5.88. The number of thiophene rings is 1. The minimum absolute atomic E-state index is 0.575. The topological polar surface area (TPSA) is 12.0 Å². The second kappa shape index (κ2) is 5.33. The van der Waals surface area contributed by atoms with Gasteiger partial charge in [0.1, 0.15) is 0 Å². The molecule has 0 radical (unpaired) electrons. The predicted octanol–water partition coefficient (Wildman–Crippen LogP) is 3.20. The standard InChI is InChI=1S/C10H17NS/c1-3-5-10(11-4-2)9-6-7-12-8-9/h6-8,10-11H,3-5H2,1-2H3. The highest BCUT2D eigenvalue weighted by atomic mass is 32.1. The summed E-state index contributed by atoms with van der Waals surface area (Å²) < 4.78 is 0. The summed E-state index contributed by atoms with van der Waals surface area (Å²) in [6.07, 6.45) is 2.48. The van der Waals surface area contributed by atoms with Gasteiger partial charge in [0.15, 0.2) is 0 Å². The molecule has 12 heavy (non-hydrogen) atoms. The van der Waals surface area contributed by atoms with E-state index in [1.54, 1.807) is 11.3 Å². The van der Waals surface area contributed by atoms with Gasteiger partial charge in [0.25, 0.3) is 0 Å². The zero-order valence-corrected chi connectivity index (χ0v) is 8.66. The first-order valence-corrected chi connectivity index (χ1v) is 5.58.